The standard InChI is InChI=1S/C16H20N2O4S/c1-3-18(4-2)23(20,21)15-9-7-13(8-10-15)16(19)17-12-14-6-5-11-22-14/h5-11H,3-4,12H2,1-2H3,(H,17,19). The molecule has 0 atom stereocenters. The maximum absolute atomic E-state index is 12.4. The van der Waals surface area contributed by atoms with Crippen molar-refractivity contribution in [2.45, 2.75) is 25.3 Å². The smallest absolute Gasteiger partial charge is 0.251 e. The van der Waals surface area contributed by atoms with Crippen LogP contribution in [0.3, 0.4) is 0 Å². The normalized spacial score (nSPS) is 11.6. The van der Waals surface area contributed by atoms with Gasteiger partial charge in [-0.3, -0.25) is 4.79 Å². The lowest BCUT2D eigenvalue weighted by atomic mass is 10.2. The lowest BCUT2D eigenvalue weighted by molar-refractivity contribution is 0.0948. The third kappa shape index (κ3) is 4.00. The molecule has 0 unspecified atom stereocenters. The van der Waals surface area contributed by atoms with Crippen LogP contribution in [-0.2, 0) is 16.6 Å². The van der Waals surface area contributed by atoms with Crippen molar-refractivity contribution in [1.29, 1.82) is 0 Å². The van der Waals surface area contributed by atoms with Crippen LogP contribution >= 0.6 is 0 Å². The molecule has 0 aliphatic rings. The monoisotopic (exact) mass is 336 g/mol. The number of nitrogens with one attached hydrogen (secondary N) is 1. The van der Waals surface area contributed by atoms with Crippen molar-refractivity contribution in [2.75, 3.05) is 13.1 Å². The van der Waals surface area contributed by atoms with Crippen molar-refractivity contribution >= 4 is 15.9 Å². The van der Waals surface area contributed by atoms with E-state index in [0.29, 0.717) is 24.4 Å². The number of carbonyl (C=O) groups excluding carboxylic acids is 1. The Morgan fingerprint density at radius 1 is 1.13 bits per heavy atom. The molecule has 0 fully saturated rings. The summed E-state index contributed by atoms with van der Waals surface area (Å²) in [6.45, 7) is 4.68. The molecule has 0 spiro atoms. The van der Waals surface area contributed by atoms with Gasteiger partial charge in [0.05, 0.1) is 17.7 Å². The van der Waals surface area contributed by atoms with Gasteiger partial charge in [-0.2, -0.15) is 4.31 Å². The molecule has 1 aromatic carbocycles. The van der Waals surface area contributed by atoms with Crippen molar-refractivity contribution in [1.82, 2.24) is 9.62 Å². The van der Waals surface area contributed by atoms with Crippen molar-refractivity contribution in [3.05, 3.63) is 54.0 Å². The van der Waals surface area contributed by atoms with E-state index in [1.807, 2.05) is 0 Å². The van der Waals surface area contributed by atoms with Gasteiger partial charge in [0.25, 0.3) is 5.91 Å². The Kier molecular flexibility index (Phi) is 5.57. The first-order valence-corrected chi connectivity index (χ1v) is 8.83. The molecule has 0 radical (unpaired) electrons. The lowest BCUT2D eigenvalue weighted by Crippen LogP contribution is -2.30. The molecule has 1 amide bonds. The molecular weight excluding hydrogens is 316 g/mol. The van der Waals surface area contributed by atoms with E-state index in [0.717, 1.165) is 0 Å². The van der Waals surface area contributed by atoms with Crippen LogP contribution in [0.5, 0.6) is 0 Å². The molecule has 0 bridgehead atoms. The molecule has 1 N–H and O–H groups in total. The number of furan rings is 1. The number of amides is 1. The van der Waals surface area contributed by atoms with Crippen LogP contribution in [0.4, 0.5) is 0 Å². The van der Waals surface area contributed by atoms with Gasteiger partial charge in [0.2, 0.25) is 10.0 Å². The van der Waals surface area contributed by atoms with Gasteiger partial charge in [-0.1, -0.05) is 13.8 Å². The number of rotatable bonds is 7. The summed E-state index contributed by atoms with van der Waals surface area (Å²) >= 11 is 0. The fraction of sp³-hybridized carbons (Fsp3) is 0.312. The van der Waals surface area contributed by atoms with Gasteiger partial charge < -0.3 is 9.73 Å². The zero-order valence-corrected chi connectivity index (χ0v) is 14.0. The van der Waals surface area contributed by atoms with Gasteiger partial charge in [-0.05, 0) is 36.4 Å². The molecule has 0 aliphatic heterocycles. The minimum atomic E-state index is -3.50. The van der Waals surface area contributed by atoms with Crippen LogP contribution in [-0.4, -0.2) is 31.7 Å². The van der Waals surface area contributed by atoms with E-state index >= 15 is 0 Å². The van der Waals surface area contributed by atoms with Crippen LogP contribution in [0.1, 0.15) is 30.0 Å². The second kappa shape index (κ2) is 7.43. The first-order valence-electron chi connectivity index (χ1n) is 7.39. The molecule has 2 aromatic rings. The predicted molar refractivity (Wildman–Crippen MR) is 86.4 cm³/mol. The Hall–Kier alpha value is -2.12. The maximum Gasteiger partial charge on any atom is 0.251 e. The highest BCUT2D eigenvalue weighted by Crippen LogP contribution is 2.16. The highest BCUT2D eigenvalue weighted by Gasteiger charge is 2.21. The summed E-state index contributed by atoms with van der Waals surface area (Å²) in [6.07, 6.45) is 1.54. The average Bonchev–Trinajstić information content (AvgIpc) is 3.07. The van der Waals surface area contributed by atoms with Gasteiger partial charge in [0.15, 0.2) is 0 Å². The predicted octanol–water partition coefficient (Wildman–Crippen LogP) is 2.24. The maximum atomic E-state index is 12.4. The molecular formula is C16H20N2O4S. The van der Waals surface area contributed by atoms with Crippen LogP contribution in [0.15, 0.2) is 52.0 Å². The Labute approximate surface area is 136 Å². The summed E-state index contributed by atoms with van der Waals surface area (Å²) in [5, 5.41) is 2.71. The zero-order valence-electron chi connectivity index (χ0n) is 13.2. The highest BCUT2D eigenvalue weighted by atomic mass is 32.2. The molecule has 1 heterocycles. The summed E-state index contributed by atoms with van der Waals surface area (Å²) in [7, 11) is -3.50. The molecule has 0 saturated carbocycles. The minimum Gasteiger partial charge on any atom is -0.467 e. The molecule has 6 nitrogen and oxygen atoms in total. The Morgan fingerprint density at radius 2 is 1.78 bits per heavy atom. The van der Waals surface area contributed by atoms with Crippen molar-refractivity contribution in [3.63, 3.8) is 0 Å². The second-order valence-corrected chi connectivity index (χ2v) is 6.81. The number of nitrogens with zero attached hydrogens (tertiary/aromatic N) is 1. The largest absolute Gasteiger partial charge is 0.467 e. The fourth-order valence-corrected chi connectivity index (χ4v) is 3.63. The summed E-state index contributed by atoms with van der Waals surface area (Å²) in [5.41, 5.74) is 0.398. The third-order valence-corrected chi connectivity index (χ3v) is 5.53. The van der Waals surface area contributed by atoms with E-state index in [-0.39, 0.29) is 17.3 Å². The van der Waals surface area contributed by atoms with Gasteiger partial charge in [-0.15, -0.1) is 0 Å². The zero-order chi connectivity index (χ0) is 16.9. The third-order valence-electron chi connectivity index (χ3n) is 3.46. The van der Waals surface area contributed by atoms with E-state index in [1.54, 1.807) is 26.0 Å². The Bertz CT molecular complexity index is 733. The Balaban J connectivity index is 2.08. The second-order valence-electron chi connectivity index (χ2n) is 4.88. The van der Waals surface area contributed by atoms with E-state index in [2.05, 4.69) is 5.32 Å². The lowest BCUT2D eigenvalue weighted by Gasteiger charge is -2.18. The summed E-state index contributed by atoms with van der Waals surface area (Å²) < 4.78 is 31.2. The molecule has 7 heteroatoms. The quantitative estimate of drug-likeness (QED) is 0.841. The van der Waals surface area contributed by atoms with Gasteiger partial charge in [0, 0.05) is 18.7 Å². The number of hydrogen-bond donors (Lipinski definition) is 1. The van der Waals surface area contributed by atoms with Crippen molar-refractivity contribution in [2.24, 2.45) is 0 Å². The molecule has 2 rings (SSSR count). The first-order chi connectivity index (χ1) is 11.0. The summed E-state index contributed by atoms with van der Waals surface area (Å²) in [6, 6.07) is 9.43. The fourth-order valence-electron chi connectivity index (χ4n) is 2.17. The number of sulfonamides is 1. The topological polar surface area (TPSA) is 79.6 Å². The van der Waals surface area contributed by atoms with Crippen molar-refractivity contribution < 1.29 is 17.6 Å². The first kappa shape index (κ1) is 17.2. The SMILES string of the molecule is CCN(CC)S(=O)(=O)c1ccc(C(=O)NCc2ccco2)cc1. The van der Waals surface area contributed by atoms with Gasteiger partial charge in [0.1, 0.15) is 5.76 Å². The molecule has 124 valence electrons. The number of benzene rings is 1. The average molecular weight is 336 g/mol. The molecule has 0 saturated heterocycles. The van der Waals surface area contributed by atoms with E-state index in [9.17, 15) is 13.2 Å². The van der Waals surface area contributed by atoms with Gasteiger partial charge >= 0.3 is 0 Å². The molecule has 1 aromatic heterocycles. The molecule has 0 aliphatic carbocycles. The van der Waals surface area contributed by atoms with Crippen molar-refractivity contribution in [3.8, 4) is 0 Å². The van der Waals surface area contributed by atoms with Crippen LogP contribution in [0.25, 0.3) is 0 Å². The van der Waals surface area contributed by atoms with Gasteiger partial charge in [-0.25, -0.2) is 8.42 Å². The Morgan fingerprint density at radius 3 is 2.30 bits per heavy atom. The minimum absolute atomic E-state index is 0.184. The number of hydrogen-bond acceptors (Lipinski definition) is 4. The van der Waals surface area contributed by atoms with E-state index < -0.39 is 10.0 Å². The van der Waals surface area contributed by atoms with Crippen LogP contribution in [0, 0.1) is 0 Å². The van der Waals surface area contributed by atoms with Crippen LogP contribution < -0.4 is 5.32 Å². The summed E-state index contributed by atoms with van der Waals surface area (Å²) in [4.78, 5) is 12.2. The molecule has 23 heavy (non-hydrogen) atoms. The number of carbonyl (C=O) groups is 1. The van der Waals surface area contributed by atoms with E-state index in [1.165, 1.54) is 34.8 Å². The van der Waals surface area contributed by atoms with E-state index in [4.69, 9.17) is 4.42 Å². The summed E-state index contributed by atoms with van der Waals surface area (Å²) in [5.74, 6) is 0.368. The highest BCUT2D eigenvalue weighted by molar-refractivity contribution is 7.89. The van der Waals surface area contributed by atoms with Crippen LogP contribution in [0.2, 0.25) is 0 Å².